The van der Waals surface area contributed by atoms with Crippen molar-refractivity contribution in [2.75, 3.05) is 44.2 Å². The fraction of sp³-hybridized carbons (Fsp3) is 0.321. The summed E-state index contributed by atoms with van der Waals surface area (Å²) in [5.74, 6) is -0.200. The van der Waals surface area contributed by atoms with Crippen LogP contribution in [0.15, 0.2) is 78.9 Å². The largest absolute Gasteiger partial charge is 0.369 e. The van der Waals surface area contributed by atoms with E-state index in [4.69, 9.17) is 11.6 Å². The van der Waals surface area contributed by atoms with Crippen molar-refractivity contribution in [2.24, 2.45) is 0 Å². The average Bonchev–Trinajstić information content (AvgIpc) is 2.88. The number of nitrogens with zero attached hydrogens (tertiary/aromatic N) is 2. The Hall–Kier alpha value is -2.89. The number of rotatable bonds is 10. The van der Waals surface area contributed by atoms with Crippen molar-refractivity contribution >= 4 is 23.7 Å². The van der Waals surface area contributed by atoms with Crippen molar-refractivity contribution in [3.8, 4) is 0 Å². The Morgan fingerprint density at radius 2 is 1.53 bits per heavy atom. The molecule has 0 aliphatic carbocycles. The molecule has 1 aliphatic rings. The molecule has 4 nitrogen and oxygen atoms in total. The van der Waals surface area contributed by atoms with E-state index in [2.05, 4.69) is 51.5 Å². The van der Waals surface area contributed by atoms with Crippen LogP contribution in [0.1, 0.15) is 24.0 Å². The molecule has 178 valence electrons. The van der Waals surface area contributed by atoms with Crippen molar-refractivity contribution in [3.63, 3.8) is 0 Å². The third kappa shape index (κ3) is 5.78. The molecular weight excluding hydrogens is 449 g/mol. The predicted molar refractivity (Wildman–Crippen MR) is 137 cm³/mol. The molecule has 0 radical (unpaired) electrons. The molecule has 3 aromatic carbocycles. The second-order valence-corrected chi connectivity index (χ2v) is 9.30. The molecule has 6 heteroatoms. The maximum Gasteiger partial charge on any atom is 0.207 e. The van der Waals surface area contributed by atoms with Crippen LogP contribution in [0, 0.1) is 5.82 Å². The molecule has 34 heavy (non-hydrogen) atoms. The fourth-order valence-corrected chi connectivity index (χ4v) is 5.10. The quantitative estimate of drug-likeness (QED) is 0.410. The third-order valence-electron chi connectivity index (χ3n) is 6.85. The van der Waals surface area contributed by atoms with Gasteiger partial charge in [0.05, 0.1) is 0 Å². The molecule has 1 unspecified atom stereocenters. The van der Waals surface area contributed by atoms with Gasteiger partial charge in [0.1, 0.15) is 5.82 Å². The van der Waals surface area contributed by atoms with Crippen molar-refractivity contribution in [2.45, 2.75) is 18.3 Å². The molecule has 1 aliphatic heterocycles. The van der Waals surface area contributed by atoms with E-state index in [-0.39, 0.29) is 11.2 Å². The molecule has 1 amide bonds. The number of hydrogen-bond acceptors (Lipinski definition) is 3. The Bertz CT molecular complexity index is 1040. The van der Waals surface area contributed by atoms with E-state index in [1.54, 1.807) is 0 Å². The van der Waals surface area contributed by atoms with Crippen LogP contribution < -0.4 is 10.2 Å². The topological polar surface area (TPSA) is 35.6 Å². The van der Waals surface area contributed by atoms with Crippen LogP contribution in [0.3, 0.4) is 0 Å². The highest BCUT2D eigenvalue weighted by atomic mass is 35.5. The number of carbonyl (C=O) groups is 1. The lowest BCUT2D eigenvalue weighted by atomic mass is 9.71. The van der Waals surface area contributed by atoms with Crippen molar-refractivity contribution in [3.05, 3.63) is 101 Å². The molecule has 1 saturated heterocycles. The fourth-order valence-electron chi connectivity index (χ4n) is 4.98. The van der Waals surface area contributed by atoms with E-state index >= 15 is 0 Å². The Morgan fingerprint density at radius 1 is 0.882 bits per heavy atom. The Kier molecular flexibility index (Phi) is 8.20. The highest BCUT2D eigenvalue weighted by molar-refractivity contribution is 6.30. The zero-order chi connectivity index (χ0) is 23.8. The summed E-state index contributed by atoms with van der Waals surface area (Å²) >= 11 is 6.18. The van der Waals surface area contributed by atoms with E-state index in [1.807, 2.05) is 30.3 Å². The smallest absolute Gasteiger partial charge is 0.207 e. The minimum Gasteiger partial charge on any atom is -0.369 e. The summed E-state index contributed by atoms with van der Waals surface area (Å²) in [6.45, 7) is 5.33. The standard InChI is InChI=1S/C28H31ClFN3O/c29-25-9-7-24(8-10-25)28(21-31-22-34,23-5-2-1-3-6-23)15-4-16-32-17-19-33(20-18-32)27-13-11-26(30)12-14-27/h1-3,5-14,22H,4,15-21H2,(H,31,34). The van der Waals surface area contributed by atoms with Crippen LogP contribution in [0.25, 0.3) is 0 Å². The van der Waals surface area contributed by atoms with Gasteiger partial charge in [-0.15, -0.1) is 0 Å². The van der Waals surface area contributed by atoms with Gasteiger partial charge in [-0.3, -0.25) is 9.69 Å². The number of halogens is 2. The van der Waals surface area contributed by atoms with Crippen LogP contribution in [-0.4, -0.2) is 50.6 Å². The number of amides is 1. The van der Waals surface area contributed by atoms with E-state index in [0.717, 1.165) is 63.2 Å². The first-order chi connectivity index (χ1) is 16.6. The minimum atomic E-state index is -0.331. The lowest BCUT2D eigenvalue weighted by molar-refractivity contribution is -0.109. The van der Waals surface area contributed by atoms with Gasteiger partial charge in [0.25, 0.3) is 0 Å². The van der Waals surface area contributed by atoms with Gasteiger partial charge < -0.3 is 10.2 Å². The predicted octanol–water partition coefficient (Wildman–Crippen LogP) is 5.11. The first kappa shape index (κ1) is 24.2. The van der Waals surface area contributed by atoms with Crippen LogP contribution in [0.4, 0.5) is 10.1 Å². The third-order valence-corrected chi connectivity index (χ3v) is 7.10. The van der Waals surface area contributed by atoms with Crippen molar-refractivity contribution in [1.82, 2.24) is 10.2 Å². The zero-order valence-electron chi connectivity index (χ0n) is 19.3. The Morgan fingerprint density at radius 3 is 2.18 bits per heavy atom. The molecule has 4 rings (SSSR count). The van der Waals surface area contributed by atoms with Gasteiger partial charge in [0.2, 0.25) is 6.41 Å². The summed E-state index contributed by atoms with van der Waals surface area (Å²) in [4.78, 5) is 16.1. The van der Waals surface area contributed by atoms with E-state index in [0.29, 0.717) is 11.6 Å². The summed E-state index contributed by atoms with van der Waals surface area (Å²) in [6.07, 6.45) is 2.68. The van der Waals surface area contributed by atoms with Gasteiger partial charge in [-0.05, 0) is 66.9 Å². The van der Waals surface area contributed by atoms with Crippen molar-refractivity contribution < 1.29 is 9.18 Å². The normalized spacial score (nSPS) is 16.1. The summed E-state index contributed by atoms with van der Waals surface area (Å²) in [7, 11) is 0. The second-order valence-electron chi connectivity index (χ2n) is 8.86. The van der Waals surface area contributed by atoms with Crippen LogP contribution in [0.5, 0.6) is 0 Å². The Balaban J connectivity index is 1.44. The summed E-state index contributed by atoms with van der Waals surface area (Å²) in [5, 5.41) is 3.66. The summed E-state index contributed by atoms with van der Waals surface area (Å²) in [5.41, 5.74) is 3.08. The molecule has 0 saturated carbocycles. The van der Waals surface area contributed by atoms with Crippen molar-refractivity contribution in [1.29, 1.82) is 0 Å². The van der Waals surface area contributed by atoms with Crippen LogP contribution in [0.2, 0.25) is 5.02 Å². The molecule has 0 spiro atoms. The lowest BCUT2D eigenvalue weighted by Gasteiger charge is -2.38. The van der Waals surface area contributed by atoms with Gasteiger partial charge in [-0.1, -0.05) is 54.1 Å². The van der Waals surface area contributed by atoms with Gasteiger partial charge >= 0.3 is 0 Å². The summed E-state index contributed by atoms with van der Waals surface area (Å²) in [6, 6.07) is 25.1. The van der Waals surface area contributed by atoms with E-state index in [9.17, 15) is 9.18 Å². The van der Waals surface area contributed by atoms with Crippen LogP contribution >= 0.6 is 11.6 Å². The first-order valence-electron chi connectivity index (χ1n) is 11.8. The number of benzene rings is 3. The number of anilines is 1. The van der Waals surface area contributed by atoms with Gasteiger partial charge in [-0.2, -0.15) is 0 Å². The number of carbonyl (C=O) groups excluding carboxylic acids is 1. The number of hydrogen-bond donors (Lipinski definition) is 1. The highest BCUT2D eigenvalue weighted by Gasteiger charge is 2.34. The molecule has 0 bridgehead atoms. The maximum absolute atomic E-state index is 13.2. The van der Waals surface area contributed by atoms with E-state index < -0.39 is 0 Å². The molecule has 1 atom stereocenters. The monoisotopic (exact) mass is 479 g/mol. The minimum absolute atomic E-state index is 0.200. The lowest BCUT2D eigenvalue weighted by Crippen LogP contribution is -2.47. The first-order valence-corrected chi connectivity index (χ1v) is 12.2. The molecular formula is C28H31ClFN3O. The number of nitrogens with one attached hydrogen (secondary N) is 1. The Labute approximate surface area is 206 Å². The zero-order valence-corrected chi connectivity index (χ0v) is 20.1. The van der Waals surface area contributed by atoms with Crippen LogP contribution in [-0.2, 0) is 10.2 Å². The highest BCUT2D eigenvalue weighted by Crippen LogP contribution is 2.37. The number of piperazine rings is 1. The van der Waals surface area contributed by atoms with E-state index in [1.165, 1.54) is 17.7 Å². The molecule has 0 aromatic heterocycles. The second kappa shape index (κ2) is 11.5. The van der Waals surface area contributed by atoms with Gasteiger partial charge in [0, 0.05) is 48.8 Å². The SMILES string of the molecule is O=CNCC(CCCN1CCN(c2ccc(F)cc2)CC1)(c1ccccc1)c1ccc(Cl)cc1. The molecule has 1 fully saturated rings. The molecule has 3 aromatic rings. The van der Waals surface area contributed by atoms with Gasteiger partial charge in [0.15, 0.2) is 0 Å². The molecule has 1 heterocycles. The molecule has 1 N–H and O–H groups in total. The maximum atomic E-state index is 13.2. The average molecular weight is 480 g/mol. The van der Waals surface area contributed by atoms with Gasteiger partial charge in [-0.25, -0.2) is 4.39 Å². The summed E-state index contributed by atoms with van der Waals surface area (Å²) < 4.78 is 13.2.